The van der Waals surface area contributed by atoms with E-state index >= 15 is 0 Å². The van der Waals surface area contributed by atoms with E-state index in [1.165, 1.54) is 7.11 Å². The summed E-state index contributed by atoms with van der Waals surface area (Å²) in [6.45, 7) is 3.57. The van der Waals surface area contributed by atoms with Crippen molar-refractivity contribution in [2.75, 3.05) is 12.4 Å². The molecule has 1 amide bonds. The van der Waals surface area contributed by atoms with Crippen LogP contribution in [0.15, 0.2) is 6.07 Å². The van der Waals surface area contributed by atoms with Gasteiger partial charge in [-0.05, 0) is 13.8 Å². The second-order valence-corrected chi connectivity index (χ2v) is 3.61. The van der Waals surface area contributed by atoms with Crippen molar-refractivity contribution >= 4 is 11.7 Å². The molecule has 0 bridgehead atoms. The van der Waals surface area contributed by atoms with Crippen molar-refractivity contribution in [3.63, 3.8) is 0 Å². The van der Waals surface area contributed by atoms with E-state index in [0.29, 0.717) is 5.82 Å². The molecule has 0 aliphatic heterocycles. The Balaban J connectivity index is 2.73. The zero-order chi connectivity index (χ0) is 12.1. The maximum atomic E-state index is 11.4. The summed E-state index contributed by atoms with van der Waals surface area (Å²) in [4.78, 5) is 19.4. The predicted molar refractivity (Wildman–Crippen MR) is 60.2 cm³/mol. The maximum Gasteiger partial charge on any atom is 0.318 e. The molecule has 0 radical (unpaired) electrons. The average Bonchev–Trinajstić information content (AvgIpc) is 2.14. The van der Waals surface area contributed by atoms with Crippen LogP contribution >= 0.6 is 0 Å². The summed E-state index contributed by atoms with van der Waals surface area (Å²) < 4.78 is 4.90. The number of aryl methyl sites for hydroxylation is 1. The lowest BCUT2D eigenvalue weighted by atomic mass is 10.2. The summed E-state index contributed by atoms with van der Waals surface area (Å²) in [6.07, 6.45) is 0.255. The molecule has 0 aliphatic rings. The topological polar surface area (TPSA) is 90.1 Å². The first kappa shape index (κ1) is 12.4. The highest BCUT2D eigenvalue weighted by atomic mass is 16.5. The van der Waals surface area contributed by atoms with Crippen LogP contribution in [0.5, 0.6) is 6.01 Å². The number of nitrogens with one attached hydrogen (secondary N) is 1. The van der Waals surface area contributed by atoms with Gasteiger partial charge in [0.1, 0.15) is 5.82 Å². The Hall–Kier alpha value is -1.69. The summed E-state index contributed by atoms with van der Waals surface area (Å²) in [7, 11) is 1.47. The van der Waals surface area contributed by atoms with Gasteiger partial charge in [-0.1, -0.05) is 0 Å². The third-order valence-corrected chi connectivity index (χ3v) is 1.79. The van der Waals surface area contributed by atoms with Gasteiger partial charge in [-0.3, -0.25) is 4.79 Å². The van der Waals surface area contributed by atoms with Gasteiger partial charge in [0.25, 0.3) is 0 Å². The van der Waals surface area contributed by atoms with Crippen molar-refractivity contribution in [3.05, 3.63) is 11.8 Å². The number of ether oxygens (including phenoxy) is 1. The van der Waals surface area contributed by atoms with Gasteiger partial charge in [0.05, 0.1) is 7.11 Å². The molecule has 16 heavy (non-hydrogen) atoms. The Labute approximate surface area is 94.2 Å². The molecule has 88 valence electrons. The number of hydrogen-bond acceptors (Lipinski definition) is 5. The van der Waals surface area contributed by atoms with Gasteiger partial charge in [-0.2, -0.15) is 4.98 Å². The van der Waals surface area contributed by atoms with Crippen LogP contribution in [-0.4, -0.2) is 29.0 Å². The van der Waals surface area contributed by atoms with E-state index in [1.807, 2.05) is 0 Å². The molecule has 6 nitrogen and oxygen atoms in total. The molecule has 0 spiro atoms. The van der Waals surface area contributed by atoms with Crippen LogP contribution in [0.4, 0.5) is 5.82 Å². The van der Waals surface area contributed by atoms with Crippen LogP contribution in [-0.2, 0) is 4.79 Å². The molecule has 3 N–H and O–H groups in total. The van der Waals surface area contributed by atoms with Gasteiger partial charge in [0.2, 0.25) is 5.91 Å². The molecule has 1 aromatic heterocycles. The maximum absolute atomic E-state index is 11.4. The predicted octanol–water partition coefficient (Wildman–Crippen LogP) is 0.469. The summed E-state index contributed by atoms with van der Waals surface area (Å²) in [5.41, 5.74) is 6.24. The molecule has 1 unspecified atom stereocenters. The second-order valence-electron chi connectivity index (χ2n) is 3.61. The Morgan fingerprint density at radius 2 is 2.31 bits per heavy atom. The van der Waals surface area contributed by atoms with Gasteiger partial charge < -0.3 is 15.8 Å². The Morgan fingerprint density at radius 1 is 1.62 bits per heavy atom. The zero-order valence-corrected chi connectivity index (χ0v) is 9.65. The first-order valence-electron chi connectivity index (χ1n) is 4.96. The zero-order valence-electron chi connectivity index (χ0n) is 9.65. The van der Waals surface area contributed by atoms with E-state index in [1.54, 1.807) is 19.9 Å². The number of carbonyl (C=O) groups is 1. The molecule has 0 aliphatic carbocycles. The fourth-order valence-corrected chi connectivity index (χ4v) is 1.18. The van der Waals surface area contributed by atoms with Crippen LogP contribution in [0.2, 0.25) is 0 Å². The highest BCUT2D eigenvalue weighted by molar-refractivity contribution is 5.90. The second kappa shape index (κ2) is 5.41. The molecule has 0 saturated heterocycles. The molecule has 0 aromatic carbocycles. The highest BCUT2D eigenvalue weighted by Gasteiger charge is 2.08. The fourth-order valence-electron chi connectivity index (χ4n) is 1.18. The molecule has 1 heterocycles. The smallest absolute Gasteiger partial charge is 0.318 e. The quantitative estimate of drug-likeness (QED) is 0.775. The number of aromatic nitrogens is 2. The molecule has 1 rings (SSSR count). The van der Waals surface area contributed by atoms with Crippen molar-refractivity contribution < 1.29 is 9.53 Å². The van der Waals surface area contributed by atoms with Gasteiger partial charge >= 0.3 is 6.01 Å². The number of nitrogens with zero attached hydrogens (tertiary/aromatic N) is 2. The normalized spacial score (nSPS) is 12.0. The van der Waals surface area contributed by atoms with Crippen LogP contribution in [0.25, 0.3) is 0 Å². The largest absolute Gasteiger partial charge is 0.467 e. The van der Waals surface area contributed by atoms with Crippen molar-refractivity contribution in [3.8, 4) is 6.01 Å². The van der Waals surface area contributed by atoms with Gasteiger partial charge in [0.15, 0.2) is 0 Å². The number of methoxy groups -OCH3 is 1. The first-order valence-corrected chi connectivity index (χ1v) is 4.96. The van der Waals surface area contributed by atoms with E-state index in [0.717, 1.165) is 5.69 Å². The van der Waals surface area contributed by atoms with Crippen molar-refractivity contribution in [1.82, 2.24) is 9.97 Å². The molecule has 1 atom stereocenters. The third kappa shape index (κ3) is 3.82. The van der Waals surface area contributed by atoms with Gasteiger partial charge in [-0.15, -0.1) is 0 Å². The lowest BCUT2D eigenvalue weighted by Gasteiger charge is -2.08. The van der Waals surface area contributed by atoms with Crippen molar-refractivity contribution in [2.24, 2.45) is 5.73 Å². The SMILES string of the molecule is COc1nc(C)cc(NC(=O)CC(C)N)n1. The Bertz CT molecular complexity index is 379. The molecule has 1 aromatic rings. The van der Waals surface area contributed by atoms with E-state index < -0.39 is 0 Å². The average molecular weight is 224 g/mol. The van der Waals surface area contributed by atoms with E-state index in [9.17, 15) is 4.79 Å². The minimum Gasteiger partial charge on any atom is -0.467 e. The summed E-state index contributed by atoms with van der Waals surface area (Å²) in [5, 5.41) is 2.64. The van der Waals surface area contributed by atoms with Crippen LogP contribution in [0, 0.1) is 6.92 Å². The van der Waals surface area contributed by atoms with E-state index in [-0.39, 0.29) is 24.4 Å². The highest BCUT2D eigenvalue weighted by Crippen LogP contribution is 2.11. The lowest BCUT2D eigenvalue weighted by molar-refractivity contribution is -0.116. The first-order chi connectivity index (χ1) is 7.51. The summed E-state index contributed by atoms with van der Waals surface area (Å²) in [5.74, 6) is 0.255. The van der Waals surface area contributed by atoms with Crippen LogP contribution in [0.1, 0.15) is 19.0 Å². The fraction of sp³-hybridized carbons (Fsp3) is 0.500. The van der Waals surface area contributed by atoms with E-state index in [4.69, 9.17) is 10.5 Å². The summed E-state index contributed by atoms with van der Waals surface area (Å²) >= 11 is 0. The number of nitrogens with two attached hydrogens (primary N) is 1. The minimum absolute atomic E-state index is 0.171. The third-order valence-electron chi connectivity index (χ3n) is 1.79. The number of hydrogen-bond donors (Lipinski definition) is 2. The summed E-state index contributed by atoms with van der Waals surface area (Å²) in [6, 6.07) is 1.72. The standard InChI is InChI=1S/C10H16N4O2/c1-6(11)4-9(15)13-8-5-7(2)12-10(14-8)16-3/h5-6H,4,11H2,1-3H3,(H,12,13,14,15). The Morgan fingerprint density at radius 3 is 2.88 bits per heavy atom. The Kier molecular flexibility index (Phi) is 4.19. The van der Waals surface area contributed by atoms with Crippen LogP contribution in [0.3, 0.4) is 0 Å². The number of carbonyl (C=O) groups excluding carboxylic acids is 1. The van der Waals surface area contributed by atoms with E-state index in [2.05, 4.69) is 15.3 Å². The number of rotatable bonds is 4. The van der Waals surface area contributed by atoms with Crippen molar-refractivity contribution in [1.29, 1.82) is 0 Å². The van der Waals surface area contributed by atoms with Crippen molar-refractivity contribution in [2.45, 2.75) is 26.3 Å². The molecule has 0 saturated carbocycles. The molecule has 6 heteroatoms. The van der Waals surface area contributed by atoms with Gasteiger partial charge in [-0.25, -0.2) is 4.98 Å². The molecular formula is C10H16N4O2. The van der Waals surface area contributed by atoms with Crippen LogP contribution < -0.4 is 15.8 Å². The lowest BCUT2D eigenvalue weighted by Crippen LogP contribution is -2.24. The molecular weight excluding hydrogens is 208 g/mol. The number of anilines is 1. The number of amides is 1. The minimum atomic E-state index is -0.176. The monoisotopic (exact) mass is 224 g/mol. The van der Waals surface area contributed by atoms with Gasteiger partial charge in [0, 0.05) is 24.2 Å². The molecule has 0 fully saturated rings.